The van der Waals surface area contributed by atoms with E-state index in [1.807, 2.05) is 0 Å². The van der Waals surface area contributed by atoms with Crippen molar-refractivity contribution in [2.45, 2.75) is 44.3 Å². The molecule has 0 aromatic carbocycles. The lowest BCUT2D eigenvalue weighted by molar-refractivity contribution is -0.135. The smallest absolute Gasteiger partial charge is 0.240 e. The molecule has 2 aliphatic heterocycles. The van der Waals surface area contributed by atoms with Crippen LogP contribution in [0, 0.1) is 5.92 Å². The average Bonchev–Trinajstić information content (AvgIpc) is 3.02. The summed E-state index contributed by atoms with van der Waals surface area (Å²) in [5.74, 6) is 0.761. The van der Waals surface area contributed by atoms with Crippen LogP contribution >= 0.6 is 0 Å². The van der Waals surface area contributed by atoms with Gasteiger partial charge in [0, 0.05) is 38.1 Å². The summed E-state index contributed by atoms with van der Waals surface area (Å²) in [6.45, 7) is 3.21. The topological polar surface area (TPSA) is 70.2 Å². The number of fused-ring (bicyclic) bond motifs is 1. The first kappa shape index (κ1) is 13.3. The molecule has 1 aromatic rings. The Morgan fingerprint density at radius 3 is 3.10 bits per heavy atom. The van der Waals surface area contributed by atoms with Gasteiger partial charge in [0.15, 0.2) is 0 Å². The van der Waals surface area contributed by atoms with E-state index in [1.54, 1.807) is 6.33 Å². The molecule has 0 spiro atoms. The Labute approximate surface area is 124 Å². The Bertz CT molecular complexity index is 519. The number of aromatic nitrogens is 2. The number of carbonyl (C=O) groups is 1. The average molecular weight is 290 g/mol. The molecule has 6 heteroatoms. The van der Waals surface area contributed by atoms with Crippen molar-refractivity contribution in [1.82, 2.24) is 20.2 Å². The van der Waals surface area contributed by atoms with Crippen LogP contribution in [0.4, 0.5) is 0 Å². The number of aromatic amines is 1. The third-order valence-electron chi connectivity index (χ3n) is 4.78. The fraction of sp³-hybridized carbons (Fsp3) is 0.733. The molecule has 0 radical (unpaired) electrons. The highest BCUT2D eigenvalue weighted by Gasteiger charge is 2.38. The molecule has 1 aromatic heterocycles. The fourth-order valence-electron chi connectivity index (χ4n) is 3.35. The molecule has 3 aliphatic rings. The van der Waals surface area contributed by atoms with Crippen LogP contribution in [-0.2, 0) is 22.5 Å². The van der Waals surface area contributed by atoms with Gasteiger partial charge in [-0.1, -0.05) is 0 Å². The number of amides is 1. The highest BCUT2D eigenvalue weighted by atomic mass is 16.5. The molecule has 4 rings (SSSR count). The minimum absolute atomic E-state index is 0.122. The van der Waals surface area contributed by atoms with Crippen LogP contribution in [0.2, 0.25) is 0 Å². The van der Waals surface area contributed by atoms with Gasteiger partial charge in [-0.05, 0) is 19.3 Å². The second kappa shape index (κ2) is 5.42. The van der Waals surface area contributed by atoms with Gasteiger partial charge < -0.3 is 14.6 Å². The van der Waals surface area contributed by atoms with E-state index in [2.05, 4.69) is 20.2 Å². The number of H-pyrrole nitrogens is 1. The number of hydrogen-bond acceptors (Lipinski definition) is 4. The third-order valence-corrected chi connectivity index (χ3v) is 4.78. The van der Waals surface area contributed by atoms with Crippen LogP contribution in [-0.4, -0.2) is 52.6 Å². The summed E-state index contributed by atoms with van der Waals surface area (Å²) in [6.07, 6.45) is 5.80. The summed E-state index contributed by atoms with van der Waals surface area (Å²) < 4.78 is 5.45. The zero-order valence-electron chi connectivity index (χ0n) is 12.2. The Morgan fingerprint density at radius 2 is 2.33 bits per heavy atom. The molecule has 1 amide bonds. The highest BCUT2D eigenvalue weighted by molar-refractivity contribution is 5.83. The van der Waals surface area contributed by atoms with Crippen molar-refractivity contribution < 1.29 is 9.53 Å². The highest BCUT2D eigenvalue weighted by Crippen LogP contribution is 2.30. The van der Waals surface area contributed by atoms with Crippen LogP contribution < -0.4 is 5.32 Å². The molecule has 1 saturated carbocycles. The molecule has 2 unspecified atom stereocenters. The van der Waals surface area contributed by atoms with Crippen LogP contribution in [0.25, 0.3) is 0 Å². The van der Waals surface area contributed by atoms with E-state index in [1.165, 1.54) is 0 Å². The van der Waals surface area contributed by atoms with Gasteiger partial charge in [-0.2, -0.15) is 0 Å². The van der Waals surface area contributed by atoms with Gasteiger partial charge in [-0.25, -0.2) is 4.98 Å². The minimum atomic E-state index is -0.122. The number of hydrogen-bond donors (Lipinski definition) is 2. The van der Waals surface area contributed by atoms with E-state index in [-0.39, 0.29) is 11.9 Å². The fourth-order valence-corrected chi connectivity index (χ4v) is 3.35. The van der Waals surface area contributed by atoms with E-state index in [9.17, 15) is 4.79 Å². The minimum Gasteiger partial charge on any atom is -0.381 e. The van der Waals surface area contributed by atoms with Gasteiger partial charge >= 0.3 is 0 Å². The maximum absolute atomic E-state index is 12.9. The summed E-state index contributed by atoms with van der Waals surface area (Å²) >= 11 is 0. The zero-order valence-corrected chi connectivity index (χ0v) is 12.2. The third kappa shape index (κ3) is 2.70. The van der Waals surface area contributed by atoms with Crippen molar-refractivity contribution in [2.75, 3.05) is 19.8 Å². The first-order valence-corrected chi connectivity index (χ1v) is 7.94. The van der Waals surface area contributed by atoms with E-state index >= 15 is 0 Å². The van der Waals surface area contributed by atoms with Crippen molar-refractivity contribution in [1.29, 1.82) is 0 Å². The van der Waals surface area contributed by atoms with Crippen molar-refractivity contribution in [3.05, 3.63) is 17.7 Å². The van der Waals surface area contributed by atoms with Crippen molar-refractivity contribution in [3.8, 4) is 0 Å². The predicted molar refractivity (Wildman–Crippen MR) is 76.6 cm³/mol. The van der Waals surface area contributed by atoms with Gasteiger partial charge in [-0.3, -0.25) is 10.1 Å². The summed E-state index contributed by atoms with van der Waals surface area (Å²) in [5, 5.41) is 3.36. The largest absolute Gasteiger partial charge is 0.381 e. The normalized spacial score (nSPS) is 28.4. The molecule has 3 heterocycles. The molecule has 1 aliphatic carbocycles. The van der Waals surface area contributed by atoms with Gasteiger partial charge in [0.25, 0.3) is 0 Å². The number of carbonyl (C=O) groups excluding carboxylic acids is 1. The van der Waals surface area contributed by atoms with Crippen LogP contribution in [0.3, 0.4) is 0 Å². The number of nitrogens with one attached hydrogen (secondary N) is 2. The predicted octanol–water partition coefficient (Wildman–Crippen LogP) is 0.452. The lowest BCUT2D eigenvalue weighted by Crippen LogP contribution is -2.51. The maximum atomic E-state index is 12.9. The molecular weight excluding hydrogens is 268 g/mol. The molecule has 2 N–H and O–H groups in total. The second-order valence-corrected chi connectivity index (χ2v) is 6.42. The Morgan fingerprint density at radius 1 is 1.43 bits per heavy atom. The quantitative estimate of drug-likeness (QED) is 0.845. The summed E-state index contributed by atoms with van der Waals surface area (Å²) in [6, 6.07) is 0.337. The number of rotatable bonds is 4. The zero-order chi connectivity index (χ0) is 14.2. The van der Waals surface area contributed by atoms with Crippen LogP contribution in [0.15, 0.2) is 6.33 Å². The summed E-state index contributed by atoms with van der Waals surface area (Å²) in [4.78, 5) is 22.4. The van der Waals surface area contributed by atoms with Crippen molar-refractivity contribution >= 4 is 5.91 Å². The SMILES string of the molecule is O=C(C1Cc2nc[nH]c2CN1)N(CC1CCOC1)C1CC1. The molecule has 21 heavy (non-hydrogen) atoms. The lowest BCUT2D eigenvalue weighted by atomic mass is 10.0. The number of nitrogens with zero attached hydrogens (tertiary/aromatic N) is 2. The molecule has 2 atom stereocenters. The van der Waals surface area contributed by atoms with Gasteiger partial charge in [-0.15, -0.1) is 0 Å². The van der Waals surface area contributed by atoms with Gasteiger partial charge in [0.05, 0.1) is 30.4 Å². The van der Waals surface area contributed by atoms with E-state index in [4.69, 9.17) is 4.74 Å². The Hall–Kier alpha value is -1.40. The van der Waals surface area contributed by atoms with Gasteiger partial charge in [0.2, 0.25) is 5.91 Å². The number of imidazole rings is 1. The van der Waals surface area contributed by atoms with Crippen LogP contribution in [0.1, 0.15) is 30.7 Å². The molecule has 114 valence electrons. The lowest BCUT2D eigenvalue weighted by Gasteiger charge is -2.31. The maximum Gasteiger partial charge on any atom is 0.240 e. The first-order valence-electron chi connectivity index (χ1n) is 7.94. The standard InChI is InChI=1S/C15H22N4O2/c20-15(13-5-12-14(6-16-13)18-9-17-12)19(11-1-2-11)7-10-3-4-21-8-10/h9-11,13,16H,1-8H2,(H,17,18). The molecule has 6 nitrogen and oxygen atoms in total. The second-order valence-electron chi connectivity index (χ2n) is 6.42. The molecule has 0 bridgehead atoms. The molecule has 2 fully saturated rings. The Kier molecular flexibility index (Phi) is 3.43. The van der Waals surface area contributed by atoms with Crippen LogP contribution in [0.5, 0.6) is 0 Å². The van der Waals surface area contributed by atoms with Crippen molar-refractivity contribution in [3.63, 3.8) is 0 Å². The van der Waals surface area contributed by atoms with Gasteiger partial charge in [0.1, 0.15) is 0 Å². The number of ether oxygens (including phenoxy) is 1. The van der Waals surface area contributed by atoms with Crippen molar-refractivity contribution in [2.24, 2.45) is 5.92 Å². The van der Waals surface area contributed by atoms with E-state index in [0.29, 0.717) is 24.9 Å². The molecule has 1 saturated heterocycles. The van der Waals surface area contributed by atoms with E-state index in [0.717, 1.165) is 50.4 Å². The summed E-state index contributed by atoms with van der Waals surface area (Å²) in [7, 11) is 0. The monoisotopic (exact) mass is 290 g/mol. The molecular formula is C15H22N4O2. The Balaban J connectivity index is 1.44. The summed E-state index contributed by atoms with van der Waals surface area (Å²) in [5.41, 5.74) is 2.15. The first-order chi connectivity index (χ1) is 10.3. The van der Waals surface area contributed by atoms with E-state index < -0.39 is 0 Å².